The molecule has 5 nitrogen and oxygen atoms in total. The molecule has 0 atom stereocenters. The second kappa shape index (κ2) is 7.77. The van der Waals surface area contributed by atoms with Crippen molar-refractivity contribution in [2.45, 2.75) is 26.6 Å². The summed E-state index contributed by atoms with van der Waals surface area (Å²) >= 11 is 0. The van der Waals surface area contributed by atoms with Gasteiger partial charge in [0.05, 0.1) is 18.6 Å². The maximum atomic E-state index is 5.19. The summed E-state index contributed by atoms with van der Waals surface area (Å²) in [4.78, 5) is 10.9. The van der Waals surface area contributed by atoms with Crippen molar-refractivity contribution < 1.29 is 4.74 Å². The number of rotatable bonds is 8. The van der Waals surface area contributed by atoms with E-state index in [1.807, 2.05) is 18.6 Å². The van der Waals surface area contributed by atoms with E-state index < -0.39 is 0 Å². The minimum Gasteiger partial charge on any atom is -0.383 e. The predicted molar refractivity (Wildman–Crippen MR) is 78.1 cm³/mol. The van der Waals surface area contributed by atoms with E-state index in [-0.39, 0.29) is 0 Å². The van der Waals surface area contributed by atoms with Gasteiger partial charge in [0, 0.05) is 51.9 Å². The van der Waals surface area contributed by atoms with Crippen molar-refractivity contribution >= 4 is 0 Å². The Kier molecular flexibility index (Phi) is 5.70. The van der Waals surface area contributed by atoms with Crippen LogP contribution in [0.3, 0.4) is 0 Å². The molecule has 0 spiro atoms. The van der Waals surface area contributed by atoms with E-state index in [0.717, 1.165) is 38.5 Å². The van der Waals surface area contributed by atoms with Crippen LogP contribution < -0.4 is 0 Å². The van der Waals surface area contributed by atoms with Crippen molar-refractivity contribution in [3.63, 3.8) is 0 Å². The van der Waals surface area contributed by atoms with Gasteiger partial charge in [0.1, 0.15) is 0 Å². The third-order valence-corrected chi connectivity index (χ3v) is 3.18. The van der Waals surface area contributed by atoms with Crippen LogP contribution in [0.4, 0.5) is 0 Å². The van der Waals surface area contributed by atoms with Crippen LogP contribution in [-0.2, 0) is 24.4 Å². The van der Waals surface area contributed by atoms with Crippen LogP contribution in [0.1, 0.15) is 18.2 Å². The largest absolute Gasteiger partial charge is 0.383 e. The first kappa shape index (κ1) is 14.7. The highest BCUT2D eigenvalue weighted by atomic mass is 16.5. The number of pyridine rings is 1. The molecule has 2 aromatic heterocycles. The number of nitrogens with zero attached hydrogens (tertiary/aromatic N) is 4. The number of hydrogen-bond acceptors (Lipinski definition) is 4. The van der Waals surface area contributed by atoms with Gasteiger partial charge in [-0.2, -0.15) is 0 Å². The molecule has 0 saturated heterocycles. The molecule has 0 saturated carbocycles. The summed E-state index contributed by atoms with van der Waals surface area (Å²) in [5, 5.41) is 0. The predicted octanol–water partition coefficient (Wildman–Crippen LogP) is 1.95. The Morgan fingerprint density at radius 1 is 1.35 bits per heavy atom. The quantitative estimate of drug-likeness (QED) is 0.738. The molecule has 0 bridgehead atoms. The van der Waals surface area contributed by atoms with Gasteiger partial charge in [-0.15, -0.1) is 0 Å². The van der Waals surface area contributed by atoms with Crippen LogP contribution in [0.25, 0.3) is 0 Å². The Bertz CT molecular complexity index is 498. The highest BCUT2D eigenvalue weighted by Gasteiger charge is 2.09. The third kappa shape index (κ3) is 4.43. The molecular weight excluding hydrogens is 252 g/mol. The van der Waals surface area contributed by atoms with Crippen LogP contribution in [0.15, 0.2) is 37.1 Å². The van der Waals surface area contributed by atoms with E-state index >= 15 is 0 Å². The van der Waals surface area contributed by atoms with Gasteiger partial charge in [-0.3, -0.25) is 9.88 Å². The Labute approximate surface area is 120 Å². The van der Waals surface area contributed by atoms with Crippen molar-refractivity contribution in [3.8, 4) is 0 Å². The SMILES string of the molecule is CCn1cnc(CN(CCOC)Cc2cccnc2)c1. The van der Waals surface area contributed by atoms with Gasteiger partial charge in [0.15, 0.2) is 0 Å². The molecule has 2 rings (SSSR count). The number of ether oxygens (including phenoxy) is 1. The molecule has 0 radical (unpaired) electrons. The lowest BCUT2D eigenvalue weighted by molar-refractivity contribution is 0.139. The second-order valence-corrected chi connectivity index (χ2v) is 4.76. The van der Waals surface area contributed by atoms with Crippen molar-refractivity contribution in [2.75, 3.05) is 20.3 Å². The van der Waals surface area contributed by atoms with Crippen LogP contribution in [-0.4, -0.2) is 39.7 Å². The summed E-state index contributed by atoms with van der Waals surface area (Å²) < 4.78 is 7.28. The molecule has 0 aliphatic carbocycles. The minimum atomic E-state index is 0.717. The highest BCUT2D eigenvalue weighted by Crippen LogP contribution is 2.08. The molecular formula is C15H22N4O. The average molecular weight is 274 g/mol. The van der Waals surface area contributed by atoms with Gasteiger partial charge in [0.25, 0.3) is 0 Å². The molecule has 2 heterocycles. The molecule has 0 aliphatic heterocycles. The summed E-state index contributed by atoms with van der Waals surface area (Å²) in [6, 6.07) is 4.06. The van der Waals surface area contributed by atoms with Gasteiger partial charge in [-0.05, 0) is 18.6 Å². The summed E-state index contributed by atoms with van der Waals surface area (Å²) in [5.41, 5.74) is 2.30. The number of imidazole rings is 1. The zero-order valence-electron chi connectivity index (χ0n) is 12.2. The highest BCUT2D eigenvalue weighted by molar-refractivity contribution is 5.08. The molecule has 0 N–H and O–H groups in total. The molecule has 108 valence electrons. The zero-order valence-corrected chi connectivity index (χ0v) is 12.2. The molecule has 0 unspecified atom stereocenters. The molecule has 20 heavy (non-hydrogen) atoms. The topological polar surface area (TPSA) is 43.2 Å². The first-order valence-corrected chi connectivity index (χ1v) is 6.92. The number of methoxy groups -OCH3 is 1. The number of hydrogen-bond donors (Lipinski definition) is 0. The van der Waals surface area contributed by atoms with Crippen LogP contribution >= 0.6 is 0 Å². The number of aryl methyl sites for hydroxylation is 1. The first-order valence-electron chi connectivity index (χ1n) is 6.92. The van der Waals surface area contributed by atoms with E-state index in [2.05, 4.69) is 38.6 Å². The van der Waals surface area contributed by atoms with Gasteiger partial charge in [0.2, 0.25) is 0 Å². The summed E-state index contributed by atoms with van der Waals surface area (Å²) in [7, 11) is 1.73. The molecule has 5 heteroatoms. The fourth-order valence-corrected chi connectivity index (χ4v) is 2.07. The van der Waals surface area contributed by atoms with Crippen LogP contribution in [0, 0.1) is 0 Å². The van der Waals surface area contributed by atoms with Crippen molar-refractivity contribution in [2.24, 2.45) is 0 Å². The fourth-order valence-electron chi connectivity index (χ4n) is 2.07. The lowest BCUT2D eigenvalue weighted by Gasteiger charge is -2.20. The first-order chi connectivity index (χ1) is 9.81. The van der Waals surface area contributed by atoms with Gasteiger partial charge >= 0.3 is 0 Å². The summed E-state index contributed by atoms with van der Waals surface area (Å²) in [6.45, 7) is 6.35. The van der Waals surface area contributed by atoms with Gasteiger partial charge in [-0.1, -0.05) is 6.07 Å². The maximum Gasteiger partial charge on any atom is 0.0949 e. The van der Waals surface area contributed by atoms with Gasteiger partial charge < -0.3 is 9.30 Å². The molecule has 0 fully saturated rings. The lowest BCUT2D eigenvalue weighted by Crippen LogP contribution is -2.26. The third-order valence-electron chi connectivity index (χ3n) is 3.18. The van der Waals surface area contributed by atoms with E-state index in [1.165, 1.54) is 5.56 Å². The lowest BCUT2D eigenvalue weighted by atomic mass is 10.2. The van der Waals surface area contributed by atoms with Gasteiger partial charge in [-0.25, -0.2) is 4.98 Å². The van der Waals surface area contributed by atoms with Crippen molar-refractivity contribution in [1.82, 2.24) is 19.4 Å². The Balaban J connectivity index is 1.99. The number of aromatic nitrogens is 3. The van der Waals surface area contributed by atoms with E-state index in [9.17, 15) is 0 Å². The summed E-state index contributed by atoms with van der Waals surface area (Å²) in [6.07, 6.45) is 7.69. The second-order valence-electron chi connectivity index (χ2n) is 4.76. The summed E-state index contributed by atoms with van der Waals surface area (Å²) in [5.74, 6) is 0. The maximum absolute atomic E-state index is 5.19. The van der Waals surface area contributed by atoms with E-state index in [1.54, 1.807) is 13.3 Å². The normalized spacial score (nSPS) is 11.2. The monoisotopic (exact) mass is 274 g/mol. The Morgan fingerprint density at radius 3 is 2.90 bits per heavy atom. The van der Waals surface area contributed by atoms with Crippen LogP contribution in [0.5, 0.6) is 0 Å². The zero-order chi connectivity index (χ0) is 14.2. The van der Waals surface area contributed by atoms with Crippen molar-refractivity contribution in [3.05, 3.63) is 48.3 Å². The van der Waals surface area contributed by atoms with E-state index in [4.69, 9.17) is 4.74 Å². The fraction of sp³-hybridized carbons (Fsp3) is 0.467. The molecule has 0 aromatic carbocycles. The Hall–Kier alpha value is -1.72. The van der Waals surface area contributed by atoms with Crippen molar-refractivity contribution in [1.29, 1.82) is 0 Å². The van der Waals surface area contributed by atoms with E-state index in [0.29, 0.717) is 0 Å². The molecule has 2 aromatic rings. The minimum absolute atomic E-state index is 0.717. The molecule has 0 amide bonds. The average Bonchev–Trinajstić information content (AvgIpc) is 2.93. The smallest absolute Gasteiger partial charge is 0.0949 e. The molecule has 0 aliphatic rings. The standard InChI is InChI=1S/C15H22N4O/c1-3-18-11-15(17-13-18)12-19(7-8-20-2)10-14-5-4-6-16-9-14/h4-6,9,11,13H,3,7-8,10,12H2,1-2H3. The Morgan fingerprint density at radius 2 is 2.25 bits per heavy atom. The van der Waals surface area contributed by atoms with Crippen LogP contribution in [0.2, 0.25) is 0 Å².